The Morgan fingerprint density at radius 1 is 0.786 bits per heavy atom. The Bertz CT molecular complexity index is 918. The zero-order chi connectivity index (χ0) is 20.8. The maximum absolute atomic E-state index is 13.1. The average Bonchev–Trinajstić information content (AvgIpc) is 2.70. The smallest absolute Gasteiger partial charge is 0.341 e. The zero-order valence-electron chi connectivity index (χ0n) is 15.3. The lowest BCUT2D eigenvalue weighted by molar-refractivity contribution is -0.139. The van der Waals surface area contributed by atoms with Crippen molar-refractivity contribution >= 4 is 17.7 Å². The minimum Gasteiger partial charge on any atom is -0.497 e. The molecule has 2 aromatic rings. The van der Waals surface area contributed by atoms with Crippen molar-refractivity contribution in [3.63, 3.8) is 0 Å². The molecular weight excluding hydrogens is 372 g/mol. The number of hydrogen-bond donors (Lipinski definition) is 2. The fraction of sp³-hybridized carbons (Fsp3) is 0.211. The SMILES string of the molecule is COc1ccc(C(=O)c2cc(OC)c(OC)cc2C(=O)O)c(OCC(=O)O)c1. The molecule has 0 saturated carbocycles. The minimum atomic E-state index is -1.34. The Labute approximate surface area is 160 Å². The van der Waals surface area contributed by atoms with Crippen molar-refractivity contribution < 1.29 is 43.5 Å². The van der Waals surface area contributed by atoms with Gasteiger partial charge >= 0.3 is 11.9 Å². The van der Waals surface area contributed by atoms with Crippen LogP contribution in [0, 0.1) is 0 Å². The quantitative estimate of drug-likeness (QED) is 0.618. The van der Waals surface area contributed by atoms with E-state index in [1.165, 1.54) is 51.7 Å². The molecule has 0 heterocycles. The second-order valence-electron chi connectivity index (χ2n) is 5.43. The molecule has 2 aromatic carbocycles. The third kappa shape index (κ3) is 4.32. The number of carboxylic acids is 2. The van der Waals surface area contributed by atoms with E-state index in [9.17, 15) is 19.5 Å². The lowest BCUT2D eigenvalue weighted by Crippen LogP contribution is -2.15. The molecule has 2 rings (SSSR count). The van der Waals surface area contributed by atoms with Crippen LogP contribution >= 0.6 is 0 Å². The Morgan fingerprint density at radius 3 is 1.89 bits per heavy atom. The highest BCUT2D eigenvalue weighted by Crippen LogP contribution is 2.34. The van der Waals surface area contributed by atoms with Crippen LogP contribution in [0.2, 0.25) is 0 Å². The molecule has 0 radical (unpaired) electrons. The number of benzene rings is 2. The number of carboxylic acid groups (broad SMARTS) is 2. The van der Waals surface area contributed by atoms with Gasteiger partial charge in [-0.15, -0.1) is 0 Å². The first-order valence-electron chi connectivity index (χ1n) is 7.89. The topological polar surface area (TPSA) is 129 Å². The van der Waals surface area contributed by atoms with E-state index in [1.54, 1.807) is 0 Å². The summed E-state index contributed by atoms with van der Waals surface area (Å²) in [5, 5.41) is 18.3. The number of hydrogen-bond acceptors (Lipinski definition) is 7. The predicted octanol–water partition coefficient (Wildman–Crippen LogP) is 2.10. The third-order valence-corrected chi connectivity index (χ3v) is 3.78. The van der Waals surface area contributed by atoms with E-state index in [4.69, 9.17) is 24.1 Å². The maximum Gasteiger partial charge on any atom is 0.341 e. The van der Waals surface area contributed by atoms with E-state index in [1.807, 2.05) is 0 Å². The van der Waals surface area contributed by atoms with Gasteiger partial charge in [0.1, 0.15) is 11.5 Å². The summed E-state index contributed by atoms with van der Waals surface area (Å²) in [4.78, 5) is 35.6. The summed E-state index contributed by atoms with van der Waals surface area (Å²) in [7, 11) is 4.09. The second-order valence-corrected chi connectivity index (χ2v) is 5.43. The van der Waals surface area contributed by atoms with Crippen molar-refractivity contribution in [2.24, 2.45) is 0 Å². The first-order chi connectivity index (χ1) is 13.3. The molecule has 28 heavy (non-hydrogen) atoms. The van der Waals surface area contributed by atoms with E-state index < -0.39 is 24.3 Å². The largest absolute Gasteiger partial charge is 0.497 e. The van der Waals surface area contributed by atoms with Crippen LogP contribution in [0.4, 0.5) is 0 Å². The summed E-state index contributed by atoms with van der Waals surface area (Å²) in [5.74, 6) is -2.68. The lowest BCUT2D eigenvalue weighted by Gasteiger charge is -2.14. The number of carbonyl (C=O) groups is 3. The third-order valence-electron chi connectivity index (χ3n) is 3.78. The summed E-state index contributed by atoms with van der Waals surface area (Å²) >= 11 is 0. The van der Waals surface area contributed by atoms with Crippen molar-refractivity contribution in [2.45, 2.75) is 0 Å². The van der Waals surface area contributed by atoms with Gasteiger partial charge in [-0.1, -0.05) is 0 Å². The normalized spacial score (nSPS) is 10.1. The molecule has 0 atom stereocenters. The summed E-state index contributed by atoms with van der Waals surface area (Å²) in [6.07, 6.45) is 0. The Hall–Kier alpha value is -3.75. The van der Waals surface area contributed by atoms with Crippen LogP contribution in [-0.4, -0.2) is 55.9 Å². The molecule has 0 saturated heterocycles. The number of aromatic carboxylic acids is 1. The number of ketones is 1. The molecule has 148 valence electrons. The van der Waals surface area contributed by atoms with Crippen LogP contribution in [0.3, 0.4) is 0 Å². The van der Waals surface area contributed by atoms with Crippen molar-refractivity contribution in [1.29, 1.82) is 0 Å². The number of methoxy groups -OCH3 is 3. The summed E-state index contributed by atoms with van der Waals surface area (Å²) in [6.45, 7) is -0.689. The molecule has 0 aliphatic heterocycles. The zero-order valence-corrected chi connectivity index (χ0v) is 15.3. The predicted molar refractivity (Wildman–Crippen MR) is 96.1 cm³/mol. The Kier molecular flexibility index (Phi) is 6.43. The molecule has 9 heteroatoms. The monoisotopic (exact) mass is 390 g/mol. The van der Waals surface area contributed by atoms with Gasteiger partial charge in [-0.3, -0.25) is 4.79 Å². The molecular formula is C19H18O9. The first-order valence-corrected chi connectivity index (χ1v) is 7.89. The molecule has 0 bridgehead atoms. The van der Waals surface area contributed by atoms with E-state index >= 15 is 0 Å². The van der Waals surface area contributed by atoms with Crippen LogP contribution in [-0.2, 0) is 4.79 Å². The van der Waals surface area contributed by atoms with Gasteiger partial charge < -0.3 is 29.2 Å². The van der Waals surface area contributed by atoms with Crippen molar-refractivity contribution in [3.05, 3.63) is 47.0 Å². The molecule has 0 amide bonds. The van der Waals surface area contributed by atoms with Gasteiger partial charge in [-0.25, -0.2) is 9.59 Å². The van der Waals surface area contributed by atoms with Crippen LogP contribution in [0.5, 0.6) is 23.0 Å². The number of aliphatic carboxylic acids is 1. The molecule has 9 nitrogen and oxygen atoms in total. The van der Waals surface area contributed by atoms with Crippen LogP contribution in [0.1, 0.15) is 26.3 Å². The Balaban J connectivity index is 2.61. The minimum absolute atomic E-state index is 0.0308. The van der Waals surface area contributed by atoms with Gasteiger partial charge in [0, 0.05) is 11.6 Å². The average molecular weight is 390 g/mol. The van der Waals surface area contributed by atoms with Gasteiger partial charge in [0.25, 0.3) is 0 Å². The molecule has 0 aliphatic carbocycles. The van der Waals surface area contributed by atoms with Crippen molar-refractivity contribution in [2.75, 3.05) is 27.9 Å². The summed E-state index contributed by atoms with van der Waals surface area (Å²) < 4.78 is 20.5. The van der Waals surface area contributed by atoms with Gasteiger partial charge in [0.2, 0.25) is 0 Å². The van der Waals surface area contributed by atoms with Crippen molar-refractivity contribution in [1.82, 2.24) is 0 Å². The van der Waals surface area contributed by atoms with Crippen LogP contribution in [0.15, 0.2) is 30.3 Å². The first kappa shape index (κ1) is 20.6. The molecule has 0 aromatic heterocycles. The van der Waals surface area contributed by atoms with Gasteiger partial charge in [-0.05, 0) is 24.3 Å². The van der Waals surface area contributed by atoms with E-state index in [0.717, 1.165) is 0 Å². The van der Waals surface area contributed by atoms with Crippen molar-refractivity contribution in [3.8, 4) is 23.0 Å². The number of ether oxygens (including phenoxy) is 4. The highest BCUT2D eigenvalue weighted by Gasteiger charge is 2.25. The molecule has 0 fully saturated rings. The number of carbonyl (C=O) groups excluding carboxylic acids is 1. The molecule has 0 spiro atoms. The van der Waals surface area contributed by atoms with Crippen LogP contribution in [0.25, 0.3) is 0 Å². The lowest BCUT2D eigenvalue weighted by atomic mass is 9.96. The fourth-order valence-corrected chi connectivity index (χ4v) is 2.46. The summed E-state index contributed by atoms with van der Waals surface area (Å²) in [5.41, 5.74) is -0.505. The molecule has 2 N–H and O–H groups in total. The van der Waals surface area contributed by atoms with Gasteiger partial charge in [0.15, 0.2) is 23.9 Å². The van der Waals surface area contributed by atoms with Gasteiger partial charge in [-0.2, -0.15) is 0 Å². The Morgan fingerprint density at radius 2 is 1.39 bits per heavy atom. The maximum atomic E-state index is 13.1. The van der Waals surface area contributed by atoms with Gasteiger partial charge in [0.05, 0.1) is 32.5 Å². The number of rotatable bonds is 9. The fourth-order valence-electron chi connectivity index (χ4n) is 2.46. The standard InChI is InChI=1S/C19H18O9/c1-25-10-4-5-11(14(6-10)28-9-17(20)21)18(22)12-7-15(26-2)16(27-3)8-13(12)19(23)24/h4-8H,9H2,1-3H3,(H,20,21)(H,23,24). The highest BCUT2D eigenvalue weighted by molar-refractivity contribution is 6.16. The van der Waals surface area contributed by atoms with E-state index in [0.29, 0.717) is 5.75 Å². The van der Waals surface area contributed by atoms with E-state index in [-0.39, 0.29) is 33.9 Å². The van der Waals surface area contributed by atoms with E-state index in [2.05, 4.69) is 0 Å². The highest BCUT2D eigenvalue weighted by atomic mass is 16.5. The molecule has 0 aliphatic rings. The second kappa shape index (κ2) is 8.76. The molecule has 0 unspecified atom stereocenters. The van der Waals surface area contributed by atoms with Crippen LogP contribution < -0.4 is 18.9 Å². The summed E-state index contributed by atoms with van der Waals surface area (Å²) in [6, 6.07) is 6.60.